The van der Waals surface area contributed by atoms with Crippen LogP contribution in [0.1, 0.15) is 47.1 Å². The van der Waals surface area contributed by atoms with E-state index < -0.39 is 0 Å². The fourth-order valence-corrected chi connectivity index (χ4v) is 3.99. The number of amides is 1. The maximum absolute atomic E-state index is 10.9. The molecule has 3 rings (SSSR count). The van der Waals surface area contributed by atoms with Gasteiger partial charge in [-0.1, -0.05) is 47.5 Å². The molecule has 2 aromatic carbocycles. The van der Waals surface area contributed by atoms with Crippen molar-refractivity contribution >= 4 is 42.0 Å². The summed E-state index contributed by atoms with van der Waals surface area (Å²) in [6.45, 7) is 0.616. The summed E-state index contributed by atoms with van der Waals surface area (Å²) in [5.74, 6) is 0.312. The molecule has 2 unspecified atom stereocenters. The molecule has 3 nitrogen and oxygen atoms in total. The van der Waals surface area contributed by atoms with E-state index in [1.54, 1.807) is 11.9 Å². The van der Waals surface area contributed by atoms with Gasteiger partial charge >= 0.3 is 0 Å². The van der Waals surface area contributed by atoms with E-state index in [2.05, 4.69) is 29.6 Å². The molecule has 0 aliphatic heterocycles. The number of rotatable bonds is 5. The van der Waals surface area contributed by atoms with Gasteiger partial charge in [0.05, 0.1) is 10.0 Å². The lowest BCUT2D eigenvalue weighted by Crippen LogP contribution is -2.25. The molecule has 1 amide bonds. The minimum absolute atomic E-state index is 0. The van der Waals surface area contributed by atoms with Gasteiger partial charge in [-0.15, -0.1) is 12.4 Å². The van der Waals surface area contributed by atoms with Gasteiger partial charge in [0.2, 0.25) is 6.41 Å². The van der Waals surface area contributed by atoms with Crippen molar-refractivity contribution in [1.29, 1.82) is 0 Å². The minimum atomic E-state index is 0. The topological polar surface area (TPSA) is 32.3 Å². The van der Waals surface area contributed by atoms with Gasteiger partial charge in [0.25, 0.3) is 0 Å². The molecule has 0 saturated heterocycles. The van der Waals surface area contributed by atoms with Gasteiger partial charge in [-0.05, 0) is 54.3 Å². The molecule has 0 aromatic heterocycles. The number of nitrogens with one attached hydrogen (secondary N) is 1. The van der Waals surface area contributed by atoms with Crippen LogP contribution in [0.3, 0.4) is 0 Å². The highest BCUT2D eigenvalue weighted by Gasteiger charge is 2.28. The Morgan fingerprint density at radius 3 is 2.54 bits per heavy atom. The Kier molecular flexibility index (Phi) is 7.36. The smallest absolute Gasteiger partial charge is 0.209 e. The van der Waals surface area contributed by atoms with E-state index in [-0.39, 0.29) is 12.4 Å². The van der Waals surface area contributed by atoms with Crippen molar-refractivity contribution < 1.29 is 4.79 Å². The molecule has 2 aromatic rings. The fraction of sp³-hybridized carbons (Fsp3) is 0.350. The molecule has 0 bridgehead atoms. The first-order valence-electron chi connectivity index (χ1n) is 8.44. The van der Waals surface area contributed by atoms with E-state index in [4.69, 9.17) is 23.2 Å². The minimum Gasteiger partial charge on any atom is -0.344 e. The summed E-state index contributed by atoms with van der Waals surface area (Å²) in [7, 11) is 3.79. The number of benzene rings is 2. The molecule has 0 saturated carbocycles. The first kappa shape index (κ1) is 21.0. The van der Waals surface area contributed by atoms with Crippen molar-refractivity contribution in [3.8, 4) is 0 Å². The molecule has 2 atom stereocenters. The van der Waals surface area contributed by atoms with Crippen LogP contribution in [0.5, 0.6) is 0 Å². The van der Waals surface area contributed by atoms with Crippen LogP contribution in [0.15, 0.2) is 36.4 Å². The normalized spacial score (nSPS) is 18.6. The third kappa shape index (κ3) is 4.34. The van der Waals surface area contributed by atoms with Crippen LogP contribution in [0, 0.1) is 0 Å². The van der Waals surface area contributed by atoms with E-state index in [9.17, 15) is 4.79 Å². The van der Waals surface area contributed by atoms with Crippen LogP contribution in [0.4, 0.5) is 0 Å². The van der Waals surface area contributed by atoms with Crippen molar-refractivity contribution in [2.75, 3.05) is 14.1 Å². The number of carbonyl (C=O) groups is 1. The third-order valence-electron chi connectivity index (χ3n) is 4.95. The molecule has 0 radical (unpaired) electrons. The molecule has 1 aliphatic rings. The lowest BCUT2D eigenvalue weighted by Gasteiger charge is -2.32. The van der Waals surface area contributed by atoms with Crippen LogP contribution in [-0.4, -0.2) is 25.4 Å². The number of fused-ring (bicyclic) bond motifs is 1. The lowest BCUT2D eigenvalue weighted by molar-refractivity contribution is -0.117. The highest BCUT2D eigenvalue weighted by atomic mass is 35.5. The Morgan fingerprint density at radius 2 is 1.88 bits per heavy atom. The third-order valence-corrected chi connectivity index (χ3v) is 5.69. The molecule has 6 heteroatoms. The van der Waals surface area contributed by atoms with E-state index in [1.807, 2.05) is 19.2 Å². The van der Waals surface area contributed by atoms with Crippen LogP contribution in [0.2, 0.25) is 10.0 Å². The first-order valence-corrected chi connectivity index (χ1v) is 9.19. The molecule has 26 heavy (non-hydrogen) atoms. The summed E-state index contributed by atoms with van der Waals surface area (Å²) in [5, 5.41) is 4.60. The van der Waals surface area contributed by atoms with Crippen molar-refractivity contribution in [1.82, 2.24) is 10.2 Å². The average molecular weight is 414 g/mol. The van der Waals surface area contributed by atoms with E-state index in [0.29, 0.717) is 28.5 Å². The van der Waals surface area contributed by atoms with Crippen molar-refractivity contribution in [3.05, 3.63) is 68.7 Å². The van der Waals surface area contributed by atoms with Crippen molar-refractivity contribution in [2.45, 2.75) is 31.3 Å². The van der Waals surface area contributed by atoms with Gasteiger partial charge in [-0.2, -0.15) is 0 Å². The second-order valence-electron chi connectivity index (χ2n) is 6.63. The molecular formula is C20H23Cl3N2O. The maximum atomic E-state index is 10.9. The van der Waals surface area contributed by atoms with Crippen LogP contribution in [0.25, 0.3) is 0 Å². The summed E-state index contributed by atoms with van der Waals surface area (Å²) in [5.41, 5.74) is 4.97. The monoisotopic (exact) mass is 412 g/mol. The second kappa shape index (κ2) is 9.09. The number of halogens is 3. The Balaban J connectivity index is 0.00000243. The average Bonchev–Trinajstić information content (AvgIpc) is 2.63. The van der Waals surface area contributed by atoms with Crippen molar-refractivity contribution in [2.24, 2.45) is 0 Å². The fourth-order valence-electron chi connectivity index (χ4n) is 3.69. The van der Waals surface area contributed by atoms with E-state index in [1.165, 1.54) is 16.7 Å². The molecule has 1 aliphatic carbocycles. The zero-order chi connectivity index (χ0) is 18.0. The van der Waals surface area contributed by atoms with E-state index >= 15 is 0 Å². The van der Waals surface area contributed by atoms with E-state index in [0.717, 1.165) is 24.8 Å². The number of hydrogen-bond acceptors (Lipinski definition) is 2. The van der Waals surface area contributed by atoms with Gasteiger partial charge in [0, 0.05) is 25.6 Å². The lowest BCUT2D eigenvalue weighted by atomic mass is 9.76. The Bertz CT molecular complexity index is 782. The standard InChI is InChI=1S/C20H22Cl2N2O.ClH/c1-23-20-8-6-15(14-4-7-18(21)19(22)10-14)16-5-3-13(9-17(16)20)11-24(2)12-25;/h3-5,7,9-10,12,15,20,23H,6,8,11H2,1-2H3;1H. The summed E-state index contributed by atoms with van der Waals surface area (Å²) < 4.78 is 0. The zero-order valence-electron chi connectivity index (χ0n) is 14.8. The Morgan fingerprint density at radius 1 is 1.12 bits per heavy atom. The molecule has 0 fully saturated rings. The maximum Gasteiger partial charge on any atom is 0.209 e. The Labute approximate surface area is 171 Å². The molecule has 0 spiro atoms. The molecule has 140 valence electrons. The van der Waals surface area contributed by atoms with Gasteiger partial charge in [0.15, 0.2) is 0 Å². The molecular weight excluding hydrogens is 391 g/mol. The van der Waals surface area contributed by atoms with Crippen LogP contribution < -0.4 is 5.32 Å². The zero-order valence-corrected chi connectivity index (χ0v) is 17.2. The number of carbonyl (C=O) groups excluding carboxylic acids is 1. The first-order chi connectivity index (χ1) is 12.0. The number of hydrogen-bond donors (Lipinski definition) is 1. The summed E-state index contributed by atoms with van der Waals surface area (Å²) in [6.07, 6.45) is 2.97. The SMILES string of the molecule is CNC1CCC(c2ccc(Cl)c(Cl)c2)c2ccc(CN(C)C=O)cc21.Cl. The second-order valence-corrected chi connectivity index (χ2v) is 7.44. The predicted molar refractivity (Wildman–Crippen MR) is 111 cm³/mol. The van der Waals surface area contributed by atoms with Gasteiger partial charge in [0.1, 0.15) is 0 Å². The predicted octanol–water partition coefficient (Wildman–Crippen LogP) is 5.19. The summed E-state index contributed by atoms with van der Waals surface area (Å²) in [6, 6.07) is 12.8. The van der Waals surface area contributed by atoms with Crippen molar-refractivity contribution in [3.63, 3.8) is 0 Å². The highest BCUT2D eigenvalue weighted by molar-refractivity contribution is 6.42. The van der Waals surface area contributed by atoms with Crippen LogP contribution in [-0.2, 0) is 11.3 Å². The largest absolute Gasteiger partial charge is 0.344 e. The molecule has 1 N–H and O–H groups in total. The van der Waals surface area contributed by atoms with Gasteiger partial charge in [-0.3, -0.25) is 4.79 Å². The molecule has 0 heterocycles. The highest BCUT2D eigenvalue weighted by Crippen LogP contribution is 2.42. The summed E-state index contributed by atoms with van der Waals surface area (Å²) >= 11 is 12.3. The van der Waals surface area contributed by atoms with Gasteiger partial charge in [-0.25, -0.2) is 0 Å². The van der Waals surface area contributed by atoms with Gasteiger partial charge < -0.3 is 10.2 Å². The number of nitrogens with zero attached hydrogens (tertiary/aromatic N) is 1. The Hall–Kier alpha value is -1.26. The summed E-state index contributed by atoms with van der Waals surface area (Å²) in [4.78, 5) is 12.6. The van der Waals surface area contributed by atoms with Crippen LogP contribution >= 0.6 is 35.6 Å². The quantitative estimate of drug-likeness (QED) is 0.684.